The molecule has 2 aromatic carbocycles. The Morgan fingerprint density at radius 3 is 2.32 bits per heavy atom. The molecule has 1 N–H and O–H groups in total. The van der Waals surface area contributed by atoms with E-state index in [2.05, 4.69) is 0 Å². The lowest BCUT2D eigenvalue weighted by Gasteiger charge is -2.30. The monoisotopic (exact) mass is 458 g/mol. The van der Waals surface area contributed by atoms with E-state index in [1.54, 1.807) is 24.4 Å². The second-order valence-corrected chi connectivity index (χ2v) is 8.77. The van der Waals surface area contributed by atoms with Gasteiger partial charge < -0.3 is 14.8 Å². The lowest BCUT2D eigenvalue weighted by molar-refractivity contribution is -0.138. The summed E-state index contributed by atoms with van der Waals surface area (Å²) in [5.74, 6) is -0.479. The Bertz CT molecular complexity index is 1060. The number of ether oxygens (including phenoxy) is 2. The Balaban J connectivity index is 2.01. The highest BCUT2D eigenvalue weighted by Gasteiger charge is 2.36. The van der Waals surface area contributed by atoms with Gasteiger partial charge in [-0.25, -0.2) is 8.42 Å². The summed E-state index contributed by atoms with van der Waals surface area (Å²) in [7, 11) is -4.34. The molecule has 31 heavy (non-hydrogen) atoms. The molecule has 0 saturated heterocycles. The minimum Gasteiger partial charge on any atom is -0.486 e. The Hall–Kier alpha value is -2.95. The first-order valence-electron chi connectivity index (χ1n) is 9.34. The summed E-state index contributed by atoms with van der Waals surface area (Å²) in [5, 5.41) is 1.74. The first kappa shape index (κ1) is 22.7. The molecule has 0 spiro atoms. The molecule has 11 heteroatoms. The van der Waals surface area contributed by atoms with E-state index in [0.717, 1.165) is 9.87 Å². The number of anilines is 1. The fourth-order valence-corrected chi connectivity index (χ4v) is 4.64. The van der Waals surface area contributed by atoms with Crippen molar-refractivity contribution in [3.05, 3.63) is 48.0 Å². The van der Waals surface area contributed by atoms with E-state index in [4.69, 9.17) is 9.47 Å². The molecule has 1 atom stereocenters. The lowest BCUT2D eigenvalue weighted by Crippen LogP contribution is -2.49. The van der Waals surface area contributed by atoms with Crippen molar-refractivity contribution in [2.24, 2.45) is 0 Å². The third-order valence-corrected chi connectivity index (χ3v) is 6.45. The second-order valence-electron chi connectivity index (χ2n) is 6.95. The molecule has 2 aromatic rings. The third kappa shape index (κ3) is 5.22. The molecule has 1 heterocycles. The number of hydrogen-bond acceptors (Lipinski definition) is 5. The quantitative estimate of drug-likeness (QED) is 0.720. The van der Waals surface area contributed by atoms with Crippen molar-refractivity contribution in [1.29, 1.82) is 0 Å². The molecule has 0 unspecified atom stereocenters. The number of rotatable bonds is 6. The van der Waals surface area contributed by atoms with E-state index in [1.807, 2.05) is 0 Å². The number of amides is 1. The van der Waals surface area contributed by atoms with Gasteiger partial charge in [0.2, 0.25) is 5.91 Å². The zero-order valence-corrected chi connectivity index (χ0v) is 17.6. The molecule has 0 saturated carbocycles. The van der Waals surface area contributed by atoms with Crippen LogP contribution in [-0.4, -0.2) is 46.3 Å². The molecule has 1 aliphatic rings. The molecule has 7 nitrogen and oxygen atoms in total. The maximum Gasteiger partial charge on any atom is 0.405 e. The summed E-state index contributed by atoms with van der Waals surface area (Å²) in [6, 6.07) is 8.79. The normalized spacial score (nSPS) is 14.6. The number of nitrogens with one attached hydrogen (secondary N) is 1. The minimum absolute atomic E-state index is 0.134. The average Bonchev–Trinajstić information content (AvgIpc) is 2.72. The van der Waals surface area contributed by atoms with Gasteiger partial charge in [-0.15, -0.1) is 0 Å². The molecule has 1 amide bonds. The second kappa shape index (κ2) is 8.66. The van der Waals surface area contributed by atoms with Gasteiger partial charge in [0.25, 0.3) is 10.0 Å². The van der Waals surface area contributed by atoms with Crippen molar-refractivity contribution < 1.29 is 35.9 Å². The molecule has 0 bridgehead atoms. The number of benzene rings is 2. The molecule has 0 aromatic heterocycles. The zero-order chi connectivity index (χ0) is 22.8. The highest BCUT2D eigenvalue weighted by molar-refractivity contribution is 7.93. The maximum atomic E-state index is 13.5. The van der Waals surface area contributed by atoms with Crippen LogP contribution in [0.25, 0.3) is 0 Å². The van der Waals surface area contributed by atoms with E-state index in [9.17, 15) is 26.4 Å². The van der Waals surface area contributed by atoms with Gasteiger partial charge in [-0.3, -0.25) is 9.10 Å². The van der Waals surface area contributed by atoms with Gasteiger partial charge in [0.1, 0.15) is 25.8 Å². The van der Waals surface area contributed by atoms with Gasteiger partial charge in [0.05, 0.1) is 10.6 Å². The summed E-state index contributed by atoms with van der Waals surface area (Å²) >= 11 is 0. The summed E-state index contributed by atoms with van der Waals surface area (Å²) in [4.78, 5) is 12.2. The number of halogens is 3. The number of carbonyl (C=O) groups excluding carboxylic acids is 1. The van der Waals surface area contributed by atoms with Crippen molar-refractivity contribution in [3.63, 3.8) is 0 Å². The summed E-state index contributed by atoms with van der Waals surface area (Å²) in [6.45, 7) is 2.02. The number of sulfonamides is 1. The van der Waals surface area contributed by atoms with E-state index < -0.39 is 34.7 Å². The predicted octanol–water partition coefficient (Wildman–Crippen LogP) is 3.03. The molecule has 0 radical (unpaired) electrons. The number of aryl methyl sites for hydroxylation is 1. The Morgan fingerprint density at radius 2 is 1.71 bits per heavy atom. The van der Waals surface area contributed by atoms with E-state index >= 15 is 0 Å². The van der Waals surface area contributed by atoms with Crippen LogP contribution < -0.4 is 19.1 Å². The largest absolute Gasteiger partial charge is 0.486 e. The fraction of sp³-hybridized carbons (Fsp3) is 0.350. The van der Waals surface area contributed by atoms with Gasteiger partial charge in [-0.1, -0.05) is 17.7 Å². The topological polar surface area (TPSA) is 84.9 Å². The molecule has 0 fully saturated rings. The lowest BCUT2D eigenvalue weighted by atomic mass is 10.2. The van der Waals surface area contributed by atoms with E-state index in [1.165, 1.54) is 37.3 Å². The standard InChI is InChI=1S/C20H21F3N2O5S/c1-13-3-5-15(6-4-13)25(14(2)19(26)24-12-20(21,22)23)31(27,28)16-7-8-17-18(11-16)30-10-9-29-17/h3-8,11,14H,9-10,12H2,1-2H3,(H,24,26)/t14-/m1/s1. The van der Waals surface area contributed by atoms with Crippen LogP contribution in [0.15, 0.2) is 47.4 Å². The van der Waals surface area contributed by atoms with Crippen molar-refractivity contribution >= 4 is 21.6 Å². The predicted molar refractivity (Wildman–Crippen MR) is 107 cm³/mol. The van der Waals surface area contributed by atoms with Crippen LogP contribution >= 0.6 is 0 Å². The SMILES string of the molecule is Cc1ccc(N([C@H](C)C(=O)NCC(F)(F)F)S(=O)(=O)c2ccc3c(c2)OCCO3)cc1. The van der Waals surface area contributed by atoms with Gasteiger partial charge in [-0.05, 0) is 38.1 Å². The Morgan fingerprint density at radius 1 is 1.10 bits per heavy atom. The molecule has 168 valence electrons. The highest BCUT2D eigenvalue weighted by Crippen LogP contribution is 2.35. The van der Waals surface area contributed by atoms with Crippen LogP contribution in [0.4, 0.5) is 18.9 Å². The number of carbonyl (C=O) groups is 1. The third-order valence-electron chi connectivity index (χ3n) is 4.55. The van der Waals surface area contributed by atoms with Crippen LogP contribution in [0.1, 0.15) is 12.5 Å². The number of alkyl halides is 3. The molecule has 3 rings (SSSR count). The van der Waals surface area contributed by atoms with E-state index in [0.29, 0.717) is 12.4 Å². The summed E-state index contributed by atoms with van der Waals surface area (Å²) in [6.07, 6.45) is -4.63. The number of fused-ring (bicyclic) bond motifs is 1. The molecule has 1 aliphatic heterocycles. The smallest absolute Gasteiger partial charge is 0.405 e. The number of nitrogens with zero attached hydrogens (tertiary/aromatic N) is 1. The fourth-order valence-electron chi connectivity index (χ4n) is 3.00. The average molecular weight is 458 g/mol. The summed E-state index contributed by atoms with van der Waals surface area (Å²) in [5.41, 5.74) is 0.977. The van der Waals surface area contributed by atoms with Crippen LogP contribution in [0, 0.1) is 6.92 Å². The number of hydrogen-bond donors (Lipinski definition) is 1. The summed E-state index contributed by atoms with van der Waals surface area (Å²) < 4.78 is 76.2. The van der Waals surface area contributed by atoms with Crippen molar-refractivity contribution in [2.45, 2.75) is 31.0 Å². The molecular weight excluding hydrogens is 437 g/mol. The van der Waals surface area contributed by atoms with Gasteiger partial charge in [0, 0.05) is 6.07 Å². The Labute approximate surface area is 177 Å². The molecular formula is C20H21F3N2O5S. The Kier molecular flexibility index (Phi) is 6.35. The first-order valence-corrected chi connectivity index (χ1v) is 10.8. The van der Waals surface area contributed by atoms with E-state index in [-0.39, 0.29) is 22.9 Å². The molecule has 0 aliphatic carbocycles. The minimum atomic E-state index is -4.63. The van der Waals surface area contributed by atoms with Crippen LogP contribution in [0.2, 0.25) is 0 Å². The highest BCUT2D eigenvalue weighted by atomic mass is 32.2. The van der Waals surface area contributed by atoms with Gasteiger partial charge in [-0.2, -0.15) is 13.2 Å². The van der Waals surface area contributed by atoms with Gasteiger partial charge in [0.15, 0.2) is 11.5 Å². The first-order chi connectivity index (χ1) is 14.5. The van der Waals surface area contributed by atoms with Crippen molar-refractivity contribution in [1.82, 2.24) is 5.32 Å². The van der Waals surface area contributed by atoms with Crippen molar-refractivity contribution in [2.75, 3.05) is 24.1 Å². The van der Waals surface area contributed by atoms with Crippen LogP contribution in [0.3, 0.4) is 0 Å². The maximum absolute atomic E-state index is 13.5. The van der Waals surface area contributed by atoms with Crippen molar-refractivity contribution in [3.8, 4) is 11.5 Å². The van der Waals surface area contributed by atoms with Gasteiger partial charge >= 0.3 is 6.18 Å². The zero-order valence-electron chi connectivity index (χ0n) is 16.8. The van der Waals surface area contributed by atoms with Crippen LogP contribution in [-0.2, 0) is 14.8 Å². The van der Waals surface area contributed by atoms with Crippen LogP contribution in [0.5, 0.6) is 11.5 Å².